The Morgan fingerprint density at radius 3 is 2.67 bits per heavy atom. The van der Waals surface area contributed by atoms with Gasteiger partial charge in [0.2, 0.25) is 0 Å². The minimum atomic E-state index is 0.357. The second-order valence-corrected chi connectivity index (χ2v) is 4.69. The monoisotopic (exact) mass is 267 g/mol. The summed E-state index contributed by atoms with van der Waals surface area (Å²) in [6, 6.07) is 9.14. The van der Waals surface area contributed by atoms with Crippen molar-refractivity contribution in [2.45, 2.75) is 32.4 Å². The van der Waals surface area contributed by atoms with E-state index in [4.69, 9.17) is 0 Å². The van der Waals surface area contributed by atoms with Crippen molar-refractivity contribution in [3.8, 4) is 0 Å². The zero-order valence-corrected chi connectivity index (χ0v) is 10.9. The van der Waals surface area contributed by atoms with Crippen molar-refractivity contribution in [1.29, 1.82) is 0 Å². The molecule has 2 unspecified atom stereocenters. The minimum Gasteiger partial charge on any atom is -0.307 e. The van der Waals surface area contributed by atoms with Crippen LogP contribution in [0.1, 0.15) is 31.9 Å². The summed E-state index contributed by atoms with van der Waals surface area (Å²) < 4.78 is 1.16. The van der Waals surface area contributed by atoms with Crippen LogP contribution in [0.25, 0.3) is 0 Å². The molecule has 1 rings (SSSR count). The van der Waals surface area contributed by atoms with Crippen LogP contribution >= 0.6 is 15.9 Å². The zero-order valence-electron chi connectivity index (χ0n) is 9.33. The fourth-order valence-electron chi connectivity index (χ4n) is 1.66. The molecule has 15 heavy (non-hydrogen) atoms. The van der Waals surface area contributed by atoms with Crippen LogP contribution in [0.15, 0.2) is 41.4 Å². The van der Waals surface area contributed by atoms with Gasteiger partial charge in [-0.1, -0.05) is 40.2 Å². The normalized spacial score (nSPS) is 14.6. The molecule has 0 fully saturated rings. The summed E-state index contributed by atoms with van der Waals surface area (Å²) in [6.07, 6.45) is 2.94. The molecule has 1 nitrogen and oxygen atoms in total. The number of benzene rings is 1. The Labute approximate surface area is 101 Å². The van der Waals surface area contributed by atoms with Crippen LogP contribution in [0, 0.1) is 0 Å². The first-order chi connectivity index (χ1) is 7.15. The maximum atomic E-state index is 3.75. The lowest BCUT2D eigenvalue weighted by Gasteiger charge is -2.20. The van der Waals surface area contributed by atoms with Crippen molar-refractivity contribution in [3.05, 3.63) is 47.0 Å². The van der Waals surface area contributed by atoms with Crippen LogP contribution in [0.5, 0.6) is 0 Å². The second-order valence-electron chi connectivity index (χ2n) is 3.84. The van der Waals surface area contributed by atoms with E-state index in [1.165, 1.54) is 5.56 Å². The molecular formula is C13H18BrN. The van der Waals surface area contributed by atoms with Crippen LogP contribution in [-0.4, -0.2) is 6.04 Å². The average molecular weight is 268 g/mol. The first-order valence-electron chi connectivity index (χ1n) is 5.26. The van der Waals surface area contributed by atoms with Gasteiger partial charge in [0.05, 0.1) is 0 Å². The summed E-state index contributed by atoms with van der Waals surface area (Å²) in [6.45, 7) is 8.10. The highest BCUT2D eigenvalue weighted by Crippen LogP contribution is 2.23. The highest BCUT2D eigenvalue weighted by molar-refractivity contribution is 9.10. The predicted octanol–water partition coefficient (Wildman–Crippen LogP) is 4.06. The van der Waals surface area contributed by atoms with Crippen LogP contribution in [-0.2, 0) is 0 Å². The fourth-order valence-corrected chi connectivity index (χ4v) is 2.29. The summed E-state index contributed by atoms with van der Waals surface area (Å²) in [7, 11) is 0. The largest absolute Gasteiger partial charge is 0.307 e. The first kappa shape index (κ1) is 12.5. The molecule has 1 aromatic rings. The summed E-state index contributed by atoms with van der Waals surface area (Å²) in [5.74, 6) is 0. The van der Waals surface area contributed by atoms with Crippen LogP contribution in [0.4, 0.5) is 0 Å². The number of nitrogens with one attached hydrogen (secondary N) is 1. The molecule has 0 aliphatic heterocycles. The number of halogens is 1. The van der Waals surface area contributed by atoms with Gasteiger partial charge in [0.25, 0.3) is 0 Å². The molecule has 2 atom stereocenters. The van der Waals surface area contributed by atoms with Gasteiger partial charge in [-0.3, -0.25) is 0 Å². The van der Waals surface area contributed by atoms with Gasteiger partial charge in [-0.2, -0.15) is 0 Å². The maximum Gasteiger partial charge on any atom is 0.0305 e. The Hall–Kier alpha value is -0.600. The van der Waals surface area contributed by atoms with Crippen molar-refractivity contribution in [3.63, 3.8) is 0 Å². The van der Waals surface area contributed by atoms with E-state index in [0.717, 1.165) is 10.9 Å². The summed E-state index contributed by atoms with van der Waals surface area (Å²) >= 11 is 3.57. The van der Waals surface area contributed by atoms with Gasteiger partial charge in [0, 0.05) is 16.6 Å². The Morgan fingerprint density at radius 2 is 2.07 bits per heavy atom. The predicted molar refractivity (Wildman–Crippen MR) is 70.0 cm³/mol. The Morgan fingerprint density at radius 1 is 1.40 bits per heavy atom. The third-order valence-corrected chi connectivity index (χ3v) is 3.15. The molecule has 0 aromatic heterocycles. The molecule has 0 aliphatic carbocycles. The Kier molecular flexibility index (Phi) is 5.06. The van der Waals surface area contributed by atoms with Gasteiger partial charge in [-0.05, 0) is 31.9 Å². The molecular weight excluding hydrogens is 250 g/mol. The molecule has 0 spiro atoms. The Balaban J connectivity index is 2.64. The molecule has 0 saturated carbocycles. The van der Waals surface area contributed by atoms with Crippen molar-refractivity contribution in [1.82, 2.24) is 5.32 Å². The molecule has 1 N–H and O–H groups in total. The molecule has 0 saturated heterocycles. The van der Waals surface area contributed by atoms with Crippen molar-refractivity contribution in [2.75, 3.05) is 0 Å². The summed E-state index contributed by atoms with van der Waals surface area (Å²) in [5.41, 5.74) is 1.30. The van der Waals surface area contributed by atoms with E-state index in [2.05, 4.69) is 59.9 Å². The molecule has 82 valence electrons. The van der Waals surface area contributed by atoms with Gasteiger partial charge in [0.1, 0.15) is 0 Å². The maximum absolute atomic E-state index is 3.75. The molecule has 0 bridgehead atoms. The van der Waals surface area contributed by atoms with E-state index >= 15 is 0 Å². The van der Waals surface area contributed by atoms with E-state index in [1.807, 2.05) is 12.1 Å². The molecule has 0 aliphatic rings. The average Bonchev–Trinajstić information content (AvgIpc) is 2.18. The highest BCUT2D eigenvalue weighted by atomic mass is 79.9. The molecule has 1 aromatic carbocycles. The first-order valence-corrected chi connectivity index (χ1v) is 6.05. The van der Waals surface area contributed by atoms with Gasteiger partial charge in [-0.25, -0.2) is 0 Å². The zero-order chi connectivity index (χ0) is 11.3. The van der Waals surface area contributed by atoms with E-state index in [0.29, 0.717) is 12.1 Å². The number of hydrogen-bond acceptors (Lipinski definition) is 1. The number of hydrogen-bond donors (Lipinski definition) is 1. The minimum absolute atomic E-state index is 0.357. The van der Waals surface area contributed by atoms with Crippen molar-refractivity contribution >= 4 is 15.9 Å². The Bertz CT molecular complexity index is 322. The van der Waals surface area contributed by atoms with E-state index in [1.54, 1.807) is 0 Å². The van der Waals surface area contributed by atoms with Crippen LogP contribution in [0.3, 0.4) is 0 Å². The third kappa shape index (κ3) is 3.80. The van der Waals surface area contributed by atoms with Crippen LogP contribution in [0.2, 0.25) is 0 Å². The lowest BCUT2D eigenvalue weighted by molar-refractivity contribution is 0.481. The quantitative estimate of drug-likeness (QED) is 0.794. The van der Waals surface area contributed by atoms with E-state index in [9.17, 15) is 0 Å². The highest BCUT2D eigenvalue weighted by Gasteiger charge is 2.10. The standard InChI is InChI=1S/C13H18BrN/c1-4-7-10(2)15-11(3)12-8-5-6-9-13(12)14/h4-6,8-11,15H,1,7H2,2-3H3. The van der Waals surface area contributed by atoms with E-state index < -0.39 is 0 Å². The van der Waals surface area contributed by atoms with E-state index in [-0.39, 0.29) is 0 Å². The summed E-state index contributed by atoms with van der Waals surface area (Å²) in [5, 5.41) is 3.54. The summed E-state index contributed by atoms with van der Waals surface area (Å²) in [4.78, 5) is 0. The van der Waals surface area contributed by atoms with Gasteiger partial charge in [0.15, 0.2) is 0 Å². The van der Waals surface area contributed by atoms with Crippen LogP contribution < -0.4 is 5.32 Å². The van der Waals surface area contributed by atoms with Crippen molar-refractivity contribution in [2.24, 2.45) is 0 Å². The lowest BCUT2D eigenvalue weighted by atomic mass is 10.1. The van der Waals surface area contributed by atoms with Crippen molar-refractivity contribution < 1.29 is 0 Å². The lowest BCUT2D eigenvalue weighted by Crippen LogP contribution is -2.28. The smallest absolute Gasteiger partial charge is 0.0305 e. The van der Waals surface area contributed by atoms with Gasteiger partial charge >= 0.3 is 0 Å². The molecule has 0 radical (unpaired) electrons. The molecule has 2 heteroatoms. The topological polar surface area (TPSA) is 12.0 Å². The van der Waals surface area contributed by atoms with Gasteiger partial charge < -0.3 is 5.32 Å². The SMILES string of the molecule is C=CCC(C)NC(C)c1ccccc1Br. The molecule has 0 amide bonds. The molecule has 0 heterocycles. The third-order valence-electron chi connectivity index (χ3n) is 2.43. The second kappa shape index (κ2) is 6.09. The number of rotatable bonds is 5. The van der Waals surface area contributed by atoms with Gasteiger partial charge in [-0.15, -0.1) is 6.58 Å². The fraction of sp³-hybridized carbons (Fsp3) is 0.385.